The predicted octanol–water partition coefficient (Wildman–Crippen LogP) is -0.540. The molecule has 14 N–H and O–H groups in total. The number of nitrogens with one attached hydrogen (secondary N) is 10. The Morgan fingerprint density at radius 1 is 0.554 bits per heavy atom. The fourth-order valence-electron chi connectivity index (χ4n) is 9.16. The number of rotatable bonds is 28. The van der Waals surface area contributed by atoms with Gasteiger partial charge in [-0.2, -0.15) is 0 Å². The Hall–Kier alpha value is -9.26. The molecule has 1 aromatic carbocycles. The van der Waals surface area contributed by atoms with E-state index < -0.39 is 121 Å². The molecule has 456 valence electrons. The second-order valence-electron chi connectivity index (χ2n) is 19.3. The number of guanidine groups is 2. The van der Waals surface area contributed by atoms with E-state index in [-0.39, 0.29) is 49.6 Å². The van der Waals surface area contributed by atoms with Crippen molar-refractivity contribution in [2.24, 2.45) is 11.5 Å². The maximum absolute atomic E-state index is 13.2. The van der Waals surface area contributed by atoms with Crippen molar-refractivity contribution in [3.63, 3.8) is 0 Å². The van der Waals surface area contributed by atoms with Crippen molar-refractivity contribution < 1.29 is 95.3 Å². The minimum absolute atomic E-state index is 0.154. The van der Waals surface area contributed by atoms with Gasteiger partial charge in [0.2, 0.25) is 23.3 Å². The summed E-state index contributed by atoms with van der Waals surface area (Å²) in [5, 5.41) is 37.0. The van der Waals surface area contributed by atoms with Crippen LogP contribution >= 0.6 is 0 Å². The van der Waals surface area contributed by atoms with Gasteiger partial charge in [-0.3, -0.25) is 30.0 Å². The van der Waals surface area contributed by atoms with E-state index >= 15 is 0 Å². The summed E-state index contributed by atoms with van der Waals surface area (Å²) in [4.78, 5) is 126. The maximum atomic E-state index is 13.2. The minimum atomic E-state index is -1.46. The maximum Gasteiger partial charge on any atom is 0.508 e. The number of hydrogen-bond acceptors (Lipinski definition) is 22. The van der Waals surface area contributed by atoms with Crippen LogP contribution in [0.1, 0.15) is 91.5 Å². The number of unbranched alkanes of at least 4 members (excludes halogenated alkanes) is 6. The SMILES string of the molecule is COC(=O)C1=C[C@H](NC(=N)N)[C@@H](NC(C)=O)[C@H]([C@H](OC(=O)NCCCCCCNC(=O)c2cc(C)cc(C(=O)NCCCCCCNC(=O)OC([C@H]3COC(=O)O3)[C@@H]3OC(C(=O)OC)=C[C@H](NC(=N)N)[C@H]3NC(C)=O)c2)C2COC(=O)O2)O1. The number of carbonyl (C=O) groups is 10. The summed E-state index contributed by atoms with van der Waals surface area (Å²) < 4.78 is 53.1. The lowest BCUT2D eigenvalue weighted by Crippen LogP contribution is -2.64. The first-order valence-electron chi connectivity index (χ1n) is 26.5. The van der Waals surface area contributed by atoms with E-state index in [4.69, 9.17) is 69.7 Å². The molecule has 0 spiro atoms. The van der Waals surface area contributed by atoms with Gasteiger partial charge in [0.05, 0.1) is 38.4 Å². The molecule has 4 aliphatic rings. The molecular weight excluding hydrogens is 1100 g/mol. The first-order chi connectivity index (χ1) is 39.6. The summed E-state index contributed by atoms with van der Waals surface area (Å²) in [5.41, 5.74) is 12.4. The van der Waals surface area contributed by atoms with Crippen molar-refractivity contribution in [3.05, 3.63) is 58.6 Å². The number of cyclic esters (lactones) is 4. The highest BCUT2D eigenvalue weighted by molar-refractivity contribution is 6.00. The summed E-state index contributed by atoms with van der Waals surface area (Å²) in [6, 6.07) is 0.509. The third-order valence-corrected chi connectivity index (χ3v) is 12.8. The highest BCUT2D eigenvalue weighted by Crippen LogP contribution is 2.30. The number of alkyl carbamates (subject to hydrolysis) is 2. The zero-order valence-corrected chi connectivity index (χ0v) is 46.4. The fourth-order valence-corrected chi connectivity index (χ4v) is 9.16. The van der Waals surface area contributed by atoms with Crippen LogP contribution < -0.4 is 54.0 Å². The quantitative estimate of drug-likeness (QED) is 0.0165. The summed E-state index contributed by atoms with van der Waals surface area (Å²) in [5.74, 6) is -5.44. The number of benzene rings is 1. The molecule has 6 amide bonds. The molecular formula is C51H72N12O20. The molecule has 0 radical (unpaired) electrons. The molecule has 0 aliphatic carbocycles. The number of aryl methyl sites for hydroxylation is 1. The topological polar surface area (TPSA) is 459 Å². The lowest BCUT2D eigenvalue weighted by Gasteiger charge is -2.41. The van der Waals surface area contributed by atoms with Crippen LogP contribution in [-0.4, -0.2) is 186 Å². The Kier molecular flexibility index (Phi) is 24.6. The van der Waals surface area contributed by atoms with Crippen molar-refractivity contribution >= 4 is 72.0 Å². The van der Waals surface area contributed by atoms with Crippen LogP contribution in [0, 0.1) is 17.7 Å². The van der Waals surface area contributed by atoms with Crippen LogP contribution in [0.5, 0.6) is 0 Å². The van der Waals surface area contributed by atoms with Gasteiger partial charge in [0.15, 0.2) is 48.5 Å². The molecule has 5 rings (SSSR count). The molecule has 32 heteroatoms. The molecule has 83 heavy (non-hydrogen) atoms. The zero-order valence-electron chi connectivity index (χ0n) is 46.4. The van der Waals surface area contributed by atoms with Crippen LogP contribution in [0.4, 0.5) is 19.2 Å². The average Bonchev–Trinajstić information content (AvgIpc) is 3.61. The van der Waals surface area contributed by atoms with Gasteiger partial charge in [-0.15, -0.1) is 0 Å². The number of carbonyl (C=O) groups excluding carboxylic acids is 10. The van der Waals surface area contributed by atoms with E-state index in [1.807, 2.05) is 0 Å². The summed E-state index contributed by atoms with van der Waals surface area (Å²) in [7, 11) is 2.21. The van der Waals surface area contributed by atoms with Crippen LogP contribution in [0.25, 0.3) is 0 Å². The standard InChI is InChI=1S/C51H72N12O20/c1-25-18-28(42(66)56-14-10-6-8-12-16-58-48(70)82-38(34-23-76-50(72)80-34)40-36(60-26(2)64)30(62-46(52)53)21-32(78-40)44(68)74-4)20-29(19-25)43(67)57-15-11-7-9-13-17-59-49(71)83-39(35-24-77-51(73)81-35)41-37(61-27(3)65)31(63-47(54)55)22-33(79-41)45(69)75-5/h18-22,30-31,34-41H,6-17,23-24H2,1-5H3,(H,56,66)(H,57,67)(H,58,70)(H,59,71)(H,60,64)(H,61,65)(H4,52,53,62)(H4,54,55,63)/t30-,31-,34+,35?,36+,37+,38?,39+,40+,41+/m0/s1. The van der Waals surface area contributed by atoms with Crippen LogP contribution in [0.15, 0.2) is 41.9 Å². The number of methoxy groups -OCH3 is 2. The van der Waals surface area contributed by atoms with Gasteiger partial charge in [0.25, 0.3) is 11.8 Å². The highest BCUT2D eigenvalue weighted by atomic mass is 16.8. The Bertz CT molecular complexity index is 2470. The third kappa shape index (κ3) is 20.0. The summed E-state index contributed by atoms with van der Waals surface area (Å²) in [6.45, 7) is 4.42. The number of ether oxygens (including phenoxy) is 10. The van der Waals surface area contributed by atoms with Crippen molar-refractivity contribution in [1.82, 2.24) is 42.5 Å². The van der Waals surface area contributed by atoms with Gasteiger partial charge in [0, 0.05) is 51.2 Å². The summed E-state index contributed by atoms with van der Waals surface area (Å²) >= 11 is 0. The molecule has 0 bridgehead atoms. The largest absolute Gasteiger partial charge is 0.508 e. The molecule has 2 saturated heterocycles. The molecule has 0 aromatic heterocycles. The van der Waals surface area contributed by atoms with Crippen molar-refractivity contribution in [2.75, 3.05) is 53.6 Å². The monoisotopic (exact) mass is 1170 g/mol. The molecule has 0 saturated carbocycles. The van der Waals surface area contributed by atoms with Gasteiger partial charge in [-0.25, -0.2) is 28.8 Å². The summed E-state index contributed by atoms with van der Waals surface area (Å²) in [6.07, 6.45) is -4.86. The number of nitrogens with two attached hydrogens (primary N) is 2. The predicted molar refractivity (Wildman–Crippen MR) is 285 cm³/mol. The molecule has 2 unspecified atom stereocenters. The number of esters is 2. The molecule has 1 aromatic rings. The molecule has 2 fully saturated rings. The van der Waals surface area contributed by atoms with Crippen LogP contribution in [-0.2, 0) is 66.5 Å². The van der Waals surface area contributed by atoms with Gasteiger partial charge < -0.3 is 101 Å². The normalized spacial score (nSPS) is 22.1. The lowest BCUT2D eigenvalue weighted by atomic mass is 9.91. The van der Waals surface area contributed by atoms with E-state index in [9.17, 15) is 47.9 Å². The van der Waals surface area contributed by atoms with E-state index in [1.54, 1.807) is 19.1 Å². The van der Waals surface area contributed by atoms with Crippen molar-refractivity contribution in [1.29, 1.82) is 10.8 Å². The van der Waals surface area contributed by atoms with E-state index in [0.717, 1.165) is 14.2 Å². The smallest absolute Gasteiger partial charge is 0.477 e. The Balaban J connectivity index is 1.01. The van der Waals surface area contributed by atoms with Gasteiger partial charge in [0.1, 0.15) is 13.2 Å². The second kappa shape index (κ2) is 31.7. The van der Waals surface area contributed by atoms with Crippen LogP contribution in [0.2, 0.25) is 0 Å². The molecule has 10 atom stereocenters. The van der Waals surface area contributed by atoms with Crippen molar-refractivity contribution in [2.45, 2.75) is 133 Å². The van der Waals surface area contributed by atoms with Gasteiger partial charge in [-0.05, 0) is 68.5 Å². The average molecular weight is 1170 g/mol. The van der Waals surface area contributed by atoms with Gasteiger partial charge >= 0.3 is 36.4 Å². The van der Waals surface area contributed by atoms with E-state index in [0.29, 0.717) is 81.1 Å². The minimum Gasteiger partial charge on any atom is -0.477 e. The Morgan fingerprint density at radius 3 is 1.23 bits per heavy atom. The van der Waals surface area contributed by atoms with Gasteiger partial charge in [-0.1, -0.05) is 25.7 Å². The molecule has 32 nitrogen and oxygen atoms in total. The van der Waals surface area contributed by atoms with Crippen molar-refractivity contribution in [3.8, 4) is 0 Å². The Labute approximate surface area is 476 Å². The van der Waals surface area contributed by atoms with E-state index in [2.05, 4.69) is 42.5 Å². The lowest BCUT2D eigenvalue weighted by molar-refractivity contribution is -0.148. The zero-order chi connectivity index (χ0) is 60.8. The molecule has 4 heterocycles. The second-order valence-corrected chi connectivity index (χ2v) is 19.3. The first kappa shape index (κ1) is 64.6. The van der Waals surface area contributed by atoms with Crippen LogP contribution in [0.3, 0.4) is 0 Å². The first-order valence-corrected chi connectivity index (χ1v) is 26.5. The number of hydrogen-bond donors (Lipinski definition) is 12. The Morgan fingerprint density at radius 2 is 0.916 bits per heavy atom. The molecule has 4 aliphatic heterocycles. The van der Waals surface area contributed by atoms with E-state index in [1.165, 1.54) is 32.1 Å². The number of amides is 6. The third-order valence-electron chi connectivity index (χ3n) is 12.8. The fraction of sp³-hybridized carbons (Fsp3) is 0.569. The highest BCUT2D eigenvalue weighted by Gasteiger charge is 2.52.